The first kappa shape index (κ1) is 13.8. The Bertz CT molecular complexity index is 477. The van der Waals surface area contributed by atoms with E-state index in [4.69, 9.17) is 21.4 Å². The van der Waals surface area contributed by atoms with Crippen LogP contribution in [0.25, 0.3) is 0 Å². The third kappa shape index (κ3) is 3.65. The van der Waals surface area contributed by atoms with E-state index in [1.165, 1.54) is 6.20 Å². The summed E-state index contributed by atoms with van der Waals surface area (Å²) in [5.41, 5.74) is 0.431. The van der Waals surface area contributed by atoms with Crippen molar-refractivity contribution in [2.45, 2.75) is 12.5 Å². The van der Waals surface area contributed by atoms with Gasteiger partial charge in [-0.1, -0.05) is 11.6 Å². The van der Waals surface area contributed by atoms with Crippen molar-refractivity contribution in [1.82, 2.24) is 9.88 Å². The molecular formula is C12H13ClN2O4. The SMILES string of the molecule is O=C(O)CC1CN(C(=O)c2ccc(Cl)nc2)CCO1. The fraction of sp³-hybridized carbons (Fsp3) is 0.417. The summed E-state index contributed by atoms with van der Waals surface area (Å²) < 4.78 is 5.31. The van der Waals surface area contributed by atoms with Crippen molar-refractivity contribution in [1.29, 1.82) is 0 Å². The van der Waals surface area contributed by atoms with E-state index in [0.29, 0.717) is 23.9 Å². The normalized spacial score (nSPS) is 19.2. The van der Waals surface area contributed by atoms with Gasteiger partial charge in [0, 0.05) is 19.3 Å². The van der Waals surface area contributed by atoms with Crippen LogP contribution in [0.5, 0.6) is 0 Å². The summed E-state index contributed by atoms with van der Waals surface area (Å²) >= 11 is 5.66. The van der Waals surface area contributed by atoms with Gasteiger partial charge in [-0.2, -0.15) is 0 Å². The lowest BCUT2D eigenvalue weighted by atomic mass is 10.1. The molecule has 102 valence electrons. The lowest BCUT2D eigenvalue weighted by Crippen LogP contribution is -2.46. The first-order valence-electron chi connectivity index (χ1n) is 5.80. The van der Waals surface area contributed by atoms with Crippen molar-refractivity contribution < 1.29 is 19.4 Å². The number of carboxylic acids is 1. The molecule has 0 aromatic carbocycles. The fourth-order valence-electron chi connectivity index (χ4n) is 1.91. The molecule has 2 heterocycles. The van der Waals surface area contributed by atoms with Gasteiger partial charge in [-0.3, -0.25) is 9.59 Å². The van der Waals surface area contributed by atoms with E-state index < -0.39 is 12.1 Å². The Balaban J connectivity index is 2.02. The molecule has 1 amide bonds. The molecule has 2 rings (SSSR count). The maximum absolute atomic E-state index is 12.2. The molecule has 0 spiro atoms. The molecular weight excluding hydrogens is 272 g/mol. The number of aromatic nitrogens is 1. The molecule has 7 heteroatoms. The maximum Gasteiger partial charge on any atom is 0.306 e. The third-order valence-corrected chi connectivity index (χ3v) is 3.03. The summed E-state index contributed by atoms with van der Waals surface area (Å²) in [4.78, 5) is 28.3. The van der Waals surface area contributed by atoms with Crippen LogP contribution in [-0.2, 0) is 9.53 Å². The van der Waals surface area contributed by atoms with E-state index in [1.54, 1.807) is 17.0 Å². The number of carbonyl (C=O) groups is 2. The van der Waals surface area contributed by atoms with Gasteiger partial charge in [-0.15, -0.1) is 0 Å². The number of carbonyl (C=O) groups excluding carboxylic acids is 1. The van der Waals surface area contributed by atoms with Gasteiger partial charge in [0.2, 0.25) is 0 Å². The molecule has 1 saturated heterocycles. The molecule has 1 atom stereocenters. The van der Waals surface area contributed by atoms with Crippen molar-refractivity contribution in [2.75, 3.05) is 19.7 Å². The first-order valence-corrected chi connectivity index (χ1v) is 6.18. The van der Waals surface area contributed by atoms with E-state index in [9.17, 15) is 9.59 Å². The van der Waals surface area contributed by atoms with Crippen molar-refractivity contribution in [2.24, 2.45) is 0 Å². The molecule has 1 aromatic rings. The minimum Gasteiger partial charge on any atom is -0.481 e. The highest BCUT2D eigenvalue weighted by atomic mass is 35.5. The number of pyridine rings is 1. The molecule has 1 aliphatic rings. The smallest absolute Gasteiger partial charge is 0.306 e. The standard InChI is InChI=1S/C12H13ClN2O4/c13-10-2-1-8(6-14-10)12(18)15-3-4-19-9(7-15)5-11(16)17/h1-2,6,9H,3-5,7H2,(H,16,17). The minimum atomic E-state index is -0.938. The number of hydrogen-bond acceptors (Lipinski definition) is 4. The van der Waals surface area contributed by atoms with Gasteiger partial charge in [-0.25, -0.2) is 4.98 Å². The van der Waals surface area contributed by atoms with Gasteiger partial charge in [0.1, 0.15) is 5.15 Å². The number of carboxylic acid groups (broad SMARTS) is 1. The zero-order valence-electron chi connectivity index (χ0n) is 10.1. The molecule has 1 aliphatic heterocycles. The van der Waals surface area contributed by atoms with Crippen molar-refractivity contribution in [3.05, 3.63) is 29.0 Å². The summed E-state index contributed by atoms with van der Waals surface area (Å²) in [7, 11) is 0. The van der Waals surface area contributed by atoms with Crippen LogP contribution in [0.2, 0.25) is 5.15 Å². The van der Waals surface area contributed by atoms with Crippen LogP contribution < -0.4 is 0 Å². The Kier molecular flexibility index (Phi) is 4.34. The Morgan fingerprint density at radius 1 is 1.53 bits per heavy atom. The number of amides is 1. The van der Waals surface area contributed by atoms with Crippen LogP contribution in [-0.4, -0.2) is 52.7 Å². The quantitative estimate of drug-likeness (QED) is 0.839. The van der Waals surface area contributed by atoms with Crippen LogP contribution in [0.15, 0.2) is 18.3 Å². The number of aliphatic carboxylic acids is 1. The molecule has 0 saturated carbocycles. The second kappa shape index (κ2) is 5.99. The molecule has 1 fully saturated rings. The highest BCUT2D eigenvalue weighted by Gasteiger charge is 2.26. The Morgan fingerprint density at radius 2 is 2.32 bits per heavy atom. The van der Waals surface area contributed by atoms with Gasteiger partial charge in [0.05, 0.1) is 24.7 Å². The Morgan fingerprint density at radius 3 is 2.95 bits per heavy atom. The van der Waals surface area contributed by atoms with Crippen molar-refractivity contribution in [3.8, 4) is 0 Å². The second-order valence-electron chi connectivity index (χ2n) is 4.21. The zero-order valence-corrected chi connectivity index (χ0v) is 10.8. The summed E-state index contributed by atoms with van der Waals surface area (Å²) in [5.74, 6) is -1.13. The molecule has 0 bridgehead atoms. The second-order valence-corrected chi connectivity index (χ2v) is 4.60. The van der Waals surface area contributed by atoms with E-state index in [0.717, 1.165) is 0 Å². The molecule has 1 N–H and O–H groups in total. The average Bonchev–Trinajstić information content (AvgIpc) is 2.38. The Labute approximate surface area is 114 Å². The Hall–Kier alpha value is -1.66. The molecule has 0 aliphatic carbocycles. The number of halogens is 1. The number of hydrogen-bond donors (Lipinski definition) is 1. The number of morpholine rings is 1. The van der Waals surface area contributed by atoms with Crippen LogP contribution in [0.3, 0.4) is 0 Å². The van der Waals surface area contributed by atoms with E-state index >= 15 is 0 Å². The highest BCUT2D eigenvalue weighted by Crippen LogP contribution is 2.13. The fourth-order valence-corrected chi connectivity index (χ4v) is 2.02. The van der Waals surface area contributed by atoms with Gasteiger partial charge in [0.15, 0.2) is 0 Å². The van der Waals surface area contributed by atoms with E-state index in [2.05, 4.69) is 4.98 Å². The predicted molar refractivity (Wildman–Crippen MR) is 67.1 cm³/mol. The lowest BCUT2D eigenvalue weighted by molar-refractivity contribution is -0.141. The van der Waals surface area contributed by atoms with E-state index in [-0.39, 0.29) is 18.9 Å². The summed E-state index contributed by atoms with van der Waals surface area (Å²) in [6.07, 6.45) is 0.838. The summed E-state index contributed by atoms with van der Waals surface area (Å²) in [6.45, 7) is 1.05. The van der Waals surface area contributed by atoms with Gasteiger partial charge in [-0.05, 0) is 12.1 Å². The van der Waals surface area contributed by atoms with Crippen molar-refractivity contribution in [3.63, 3.8) is 0 Å². The van der Waals surface area contributed by atoms with E-state index in [1.807, 2.05) is 0 Å². The van der Waals surface area contributed by atoms with Gasteiger partial charge >= 0.3 is 5.97 Å². The van der Waals surface area contributed by atoms with Gasteiger partial charge < -0.3 is 14.7 Å². The van der Waals surface area contributed by atoms with Gasteiger partial charge in [0.25, 0.3) is 5.91 Å². The van der Waals surface area contributed by atoms with Crippen LogP contribution in [0, 0.1) is 0 Å². The predicted octanol–water partition coefficient (Wildman–Crippen LogP) is 1.05. The first-order chi connectivity index (χ1) is 9.06. The summed E-state index contributed by atoms with van der Waals surface area (Å²) in [6, 6.07) is 3.14. The number of ether oxygens (including phenoxy) is 1. The molecule has 1 unspecified atom stereocenters. The minimum absolute atomic E-state index is 0.108. The lowest BCUT2D eigenvalue weighted by Gasteiger charge is -2.32. The zero-order chi connectivity index (χ0) is 13.8. The molecule has 19 heavy (non-hydrogen) atoms. The van der Waals surface area contributed by atoms with Crippen LogP contribution >= 0.6 is 11.6 Å². The van der Waals surface area contributed by atoms with Crippen LogP contribution in [0.1, 0.15) is 16.8 Å². The summed E-state index contributed by atoms with van der Waals surface area (Å²) in [5, 5.41) is 9.05. The topological polar surface area (TPSA) is 79.7 Å². The monoisotopic (exact) mass is 284 g/mol. The van der Waals surface area contributed by atoms with Crippen LogP contribution in [0.4, 0.5) is 0 Å². The average molecular weight is 285 g/mol. The maximum atomic E-state index is 12.2. The number of rotatable bonds is 3. The largest absolute Gasteiger partial charge is 0.481 e. The van der Waals surface area contributed by atoms with Crippen molar-refractivity contribution >= 4 is 23.5 Å². The number of nitrogens with zero attached hydrogens (tertiary/aromatic N) is 2. The molecule has 1 aromatic heterocycles. The highest BCUT2D eigenvalue weighted by molar-refractivity contribution is 6.29. The third-order valence-electron chi connectivity index (χ3n) is 2.80. The molecule has 0 radical (unpaired) electrons. The molecule has 6 nitrogen and oxygen atoms in total.